The summed E-state index contributed by atoms with van der Waals surface area (Å²) in [6, 6.07) is 16.1. The smallest absolute Gasteiger partial charge is 0.161 e. The summed E-state index contributed by atoms with van der Waals surface area (Å²) in [5, 5.41) is 1.94. The molecule has 4 rings (SSSR count). The summed E-state index contributed by atoms with van der Waals surface area (Å²) in [5.41, 5.74) is 4.60. The van der Waals surface area contributed by atoms with Gasteiger partial charge in [-0.05, 0) is 60.9 Å². The average molecular weight is 391 g/mol. The lowest BCUT2D eigenvalue weighted by Crippen LogP contribution is -2.16. The minimum atomic E-state index is -0.255. The molecule has 2 aromatic carbocycles. The van der Waals surface area contributed by atoms with E-state index in [2.05, 4.69) is 24.3 Å². The Morgan fingerprint density at radius 1 is 0.964 bits per heavy atom. The zero-order chi connectivity index (χ0) is 19.9. The number of hydrogen-bond donors (Lipinski definition) is 0. The summed E-state index contributed by atoms with van der Waals surface area (Å²) < 4.78 is 5.65. The molecule has 0 amide bonds. The molecule has 1 saturated carbocycles. The largest absolute Gasteiger partial charge is 0.496 e. The first kappa shape index (κ1) is 18.6. The van der Waals surface area contributed by atoms with Crippen molar-refractivity contribution < 1.29 is 14.3 Å². The predicted octanol–water partition coefficient (Wildman–Crippen LogP) is 5.91. The quantitative estimate of drug-likeness (QED) is 0.491. The van der Waals surface area contributed by atoms with Gasteiger partial charge in [-0.25, -0.2) is 0 Å². The molecule has 0 unspecified atom stereocenters. The van der Waals surface area contributed by atoms with E-state index in [9.17, 15) is 9.59 Å². The molecule has 1 aromatic heterocycles. The van der Waals surface area contributed by atoms with Gasteiger partial charge in [0.2, 0.25) is 0 Å². The summed E-state index contributed by atoms with van der Waals surface area (Å²) in [7, 11) is 1.66. The van der Waals surface area contributed by atoms with Crippen molar-refractivity contribution in [3.8, 4) is 27.3 Å². The van der Waals surface area contributed by atoms with E-state index in [-0.39, 0.29) is 17.0 Å². The van der Waals surface area contributed by atoms with Crippen molar-refractivity contribution in [2.75, 3.05) is 7.11 Å². The average Bonchev–Trinajstić information content (AvgIpc) is 3.37. The van der Waals surface area contributed by atoms with Crippen molar-refractivity contribution in [1.29, 1.82) is 0 Å². The fourth-order valence-electron chi connectivity index (χ4n) is 3.82. The van der Waals surface area contributed by atoms with Crippen LogP contribution in [0.5, 0.6) is 5.75 Å². The van der Waals surface area contributed by atoms with Gasteiger partial charge < -0.3 is 4.74 Å². The van der Waals surface area contributed by atoms with Gasteiger partial charge in [0.25, 0.3) is 0 Å². The Bertz CT molecular complexity index is 1060. The van der Waals surface area contributed by atoms with E-state index in [1.165, 1.54) is 0 Å². The third kappa shape index (κ3) is 3.08. The monoisotopic (exact) mass is 390 g/mol. The lowest BCUT2D eigenvalue weighted by molar-refractivity contribution is -0.119. The van der Waals surface area contributed by atoms with Crippen LogP contribution in [0, 0.1) is 0 Å². The second-order valence-electron chi connectivity index (χ2n) is 7.35. The maximum atomic E-state index is 12.0. The van der Waals surface area contributed by atoms with Crippen LogP contribution < -0.4 is 4.74 Å². The number of rotatable bonds is 6. The number of carbonyl (C=O) groups is 2. The van der Waals surface area contributed by atoms with Crippen molar-refractivity contribution in [3.05, 3.63) is 65.0 Å². The van der Waals surface area contributed by atoms with Crippen LogP contribution in [0.3, 0.4) is 0 Å². The van der Waals surface area contributed by atoms with E-state index >= 15 is 0 Å². The fraction of sp³-hybridized carbons (Fsp3) is 0.250. The number of Topliss-reactive ketones (excluding diaryl/α,β-unsaturated/α-hetero) is 2. The van der Waals surface area contributed by atoms with Crippen LogP contribution in [-0.4, -0.2) is 18.7 Å². The van der Waals surface area contributed by atoms with Crippen molar-refractivity contribution in [2.45, 2.75) is 32.1 Å². The first-order chi connectivity index (χ1) is 13.5. The van der Waals surface area contributed by atoms with Gasteiger partial charge >= 0.3 is 0 Å². The third-order valence-electron chi connectivity index (χ3n) is 5.68. The highest BCUT2D eigenvalue weighted by Gasteiger charge is 2.48. The van der Waals surface area contributed by atoms with Gasteiger partial charge in [-0.15, -0.1) is 11.3 Å². The second kappa shape index (κ2) is 7.02. The molecule has 0 N–H and O–H groups in total. The molecule has 0 spiro atoms. The summed E-state index contributed by atoms with van der Waals surface area (Å²) in [6.45, 7) is 3.27. The first-order valence-corrected chi connectivity index (χ1v) is 10.2. The number of carbonyl (C=O) groups excluding carboxylic acids is 2. The topological polar surface area (TPSA) is 43.4 Å². The molecular weight excluding hydrogens is 368 g/mol. The summed E-state index contributed by atoms with van der Waals surface area (Å²) in [5.74, 6) is 1.08. The predicted molar refractivity (Wildman–Crippen MR) is 113 cm³/mol. The first-order valence-electron chi connectivity index (χ1n) is 9.35. The van der Waals surface area contributed by atoms with Crippen LogP contribution >= 0.6 is 11.3 Å². The SMILES string of the molecule is COc1cc(-c2sccc2C(C)=O)ccc1-c1ccc(C2(C(C)=O)CC2)cc1. The molecule has 1 heterocycles. The van der Waals surface area contributed by atoms with Gasteiger partial charge in [-0.2, -0.15) is 0 Å². The zero-order valence-corrected chi connectivity index (χ0v) is 17.1. The molecule has 1 fully saturated rings. The van der Waals surface area contributed by atoms with Gasteiger partial charge in [0, 0.05) is 16.0 Å². The van der Waals surface area contributed by atoms with Crippen molar-refractivity contribution >= 4 is 22.9 Å². The standard InChI is InChI=1S/C24H22O3S/c1-15(25)20-10-13-28-23(20)18-6-9-21(22(14-18)27-3)17-4-7-19(8-5-17)24(11-12-24)16(2)26/h4-10,13-14H,11-12H2,1-3H3. The van der Waals surface area contributed by atoms with Crippen molar-refractivity contribution in [2.24, 2.45) is 0 Å². The van der Waals surface area contributed by atoms with E-state index in [4.69, 9.17) is 4.74 Å². The molecular formula is C24H22O3S. The van der Waals surface area contributed by atoms with E-state index in [0.29, 0.717) is 0 Å². The number of methoxy groups -OCH3 is 1. The second-order valence-corrected chi connectivity index (χ2v) is 8.27. The Kier molecular flexibility index (Phi) is 4.68. The lowest BCUT2D eigenvalue weighted by Gasteiger charge is -2.14. The molecule has 3 aromatic rings. The molecule has 3 nitrogen and oxygen atoms in total. The minimum absolute atomic E-state index is 0.0642. The maximum absolute atomic E-state index is 12.0. The molecule has 4 heteroatoms. The Labute approximate surface area is 169 Å². The van der Waals surface area contributed by atoms with Crippen LogP contribution in [0.4, 0.5) is 0 Å². The molecule has 1 aliphatic carbocycles. The molecule has 0 bridgehead atoms. The Morgan fingerprint density at radius 3 is 2.21 bits per heavy atom. The minimum Gasteiger partial charge on any atom is -0.496 e. The van der Waals surface area contributed by atoms with Crippen molar-refractivity contribution in [3.63, 3.8) is 0 Å². The number of ketones is 2. The normalized spacial score (nSPS) is 14.5. The van der Waals surface area contributed by atoms with E-state index in [1.807, 2.05) is 29.6 Å². The summed E-state index contributed by atoms with van der Waals surface area (Å²) in [6.07, 6.45) is 1.89. The number of ether oxygens (including phenoxy) is 1. The highest BCUT2D eigenvalue weighted by Crippen LogP contribution is 2.49. The van der Waals surface area contributed by atoms with Gasteiger partial charge in [0.1, 0.15) is 11.5 Å². The highest BCUT2D eigenvalue weighted by molar-refractivity contribution is 7.14. The molecule has 0 atom stereocenters. The Hall–Kier alpha value is -2.72. The molecule has 142 valence electrons. The highest BCUT2D eigenvalue weighted by atomic mass is 32.1. The van der Waals surface area contributed by atoms with Gasteiger partial charge in [-0.1, -0.05) is 36.4 Å². The third-order valence-corrected chi connectivity index (χ3v) is 6.64. The number of benzene rings is 2. The van der Waals surface area contributed by atoms with Crippen LogP contribution in [0.15, 0.2) is 53.9 Å². The number of thiophene rings is 1. The number of hydrogen-bond acceptors (Lipinski definition) is 4. The van der Waals surface area contributed by atoms with E-state index in [1.54, 1.807) is 32.3 Å². The van der Waals surface area contributed by atoms with E-state index < -0.39 is 0 Å². The fourth-order valence-corrected chi connectivity index (χ4v) is 4.76. The molecule has 0 radical (unpaired) electrons. The lowest BCUT2D eigenvalue weighted by atomic mass is 9.90. The molecule has 0 aliphatic heterocycles. The Balaban J connectivity index is 1.70. The summed E-state index contributed by atoms with van der Waals surface area (Å²) in [4.78, 5) is 24.8. The summed E-state index contributed by atoms with van der Waals surface area (Å²) >= 11 is 1.56. The van der Waals surface area contributed by atoms with Gasteiger partial charge in [-0.3, -0.25) is 9.59 Å². The Morgan fingerprint density at radius 2 is 1.64 bits per heavy atom. The van der Waals surface area contributed by atoms with E-state index in [0.717, 1.165) is 51.3 Å². The van der Waals surface area contributed by atoms with Crippen LogP contribution in [0.1, 0.15) is 42.6 Å². The van der Waals surface area contributed by atoms with Crippen LogP contribution in [-0.2, 0) is 10.2 Å². The van der Waals surface area contributed by atoms with Crippen LogP contribution in [0.25, 0.3) is 21.6 Å². The van der Waals surface area contributed by atoms with Crippen molar-refractivity contribution in [1.82, 2.24) is 0 Å². The van der Waals surface area contributed by atoms with Gasteiger partial charge in [0.15, 0.2) is 5.78 Å². The molecule has 28 heavy (non-hydrogen) atoms. The van der Waals surface area contributed by atoms with Gasteiger partial charge in [0.05, 0.1) is 12.5 Å². The maximum Gasteiger partial charge on any atom is 0.161 e. The van der Waals surface area contributed by atoms with Crippen LogP contribution in [0.2, 0.25) is 0 Å². The molecule has 1 aliphatic rings. The zero-order valence-electron chi connectivity index (χ0n) is 16.2. The molecule has 0 saturated heterocycles.